The van der Waals surface area contributed by atoms with Gasteiger partial charge in [-0.25, -0.2) is 9.97 Å². The highest BCUT2D eigenvalue weighted by Gasteiger charge is 2.26. The van der Waals surface area contributed by atoms with E-state index >= 15 is 0 Å². The van der Waals surface area contributed by atoms with Crippen molar-refractivity contribution in [3.63, 3.8) is 0 Å². The molecule has 3 aromatic rings. The first-order valence-electron chi connectivity index (χ1n) is 9.02. The second-order valence-corrected chi connectivity index (χ2v) is 6.72. The zero-order valence-electron chi connectivity index (χ0n) is 15.1. The second-order valence-electron chi connectivity index (χ2n) is 6.72. The Morgan fingerprint density at radius 2 is 2.15 bits per heavy atom. The Morgan fingerprint density at radius 1 is 1.30 bits per heavy atom. The first-order chi connectivity index (χ1) is 13.2. The molecule has 0 bridgehead atoms. The molecule has 0 radical (unpaired) electrons. The van der Waals surface area contributed by atoms with Gasteiger partial charge in [0, 0.05) is 37.0 Å². The minimum Gasteiger partial charge on any atom is -0.361 e. The van der Waals surface area contributed by atoms with Crippen molar-refractivity contribution in [1.82, 2.24) is 20.4 Å². The number of hydrogen-bond donors (Lipinski definition) is 1. The van der Waals surface area contributed by atoms with Gasteiger partial charge in [0.05, 0.1) is 17.8 Å². The number of aromatic nitrogens is 3. The molecule has 27 heavy (non-hydrogen) atoms. The Labute approximate surface area is 157 Å². The monoisotopic (exact) mass is 363 g/mol. The zero-order chi connectivity index (χ0) is 18.6. The molecule has 7 heteroatoms. The summed E-state index contributed by atoms with van der Waals surface area (Å²) < 4.78 is 5.10. The van der Waals surface area contributed by atoms with E-state index < -0.39 is 0 Å². The minimum atomic E-state index is -0.0584. The van der Waals surface area contributed by atoms with Gasteiger partial charge in [0.2, 0.25) is 11.9 Å². The molecule has 1 fully saturated rings. The van der Waals surface area contributed by atoms with Crippen LogP contribution in [0.5, 0.6) is 0 Å². The van der Waals surface area contributed by atoms with Crippen molar-refractivity contribution in [1.29, 1.82) is 0 Å². The summed E-state index contributed by atoms with van der Waals surface area (Å²) in [6.07, 6.45) is 2.85. The predicted octanol–water partition coefficient (Wildman–Crippen LogP) is 2.38. The highest BCUT2D eigenvalue weighted by Crippen LogP contribution is 2.21. The molecule has 3 heterocycles. The molecule has 7 nitrogen and oxygen atoms in total. The van der Waals surface area contributed by atoms with Gasteiger partial charge in [-0.05, 0) is 19.4 Å². The van der Waals surface area contributed by atoms with Crippen LogP contribution in [-0.4, -0.2) is 40.2 Å². The van der Waals surface area contributed by atoms with Crippen molar-refractivity contribution in [2.75, 3.05) is 18.0 Å². The van der Waals surface area contributed by atoms with Gasteiger partial charge < -0.3 is 14.7 Å². The van der Waals surface area contributed by atoms with Gasteiger partial charge in [0.25, 0.3) is 0 Å². The van der Waals surface area contributed by atoms with E-state index in [-0.39, 0.29) is 18.4 Å². The van der Waals surface area contributed by atoms with E-state index in [1.165, 1.54) is 0 Å². The third-order valence-electron chi connectivity index (χ3n) is 4.56. The molecule has 1 saturated heterocycles. The van der Waals surface area contributed by atoms with Gasteiger partial charge >= 0.3 is 0 Å². The van der Waals surface area contributed by atoms with Gasteiger partial charge in [-0.1, -0.05) is 35.5 Å². The fraction of sp³-hybridized carbons (Fsp3) is 0.300. The third kappa shape index (κ3) is 4.13. The molecule has 1 unspecified atom stereocenters. The van der Waals surface area contributed by atoms with Crippen LogP contribution in [0.25, 0.3) is 11.3 Å². The Balaban J connectivity index is 1.37. The number of rotatable bonds is 5. The molecule has 0 aliphatic carbocycles. The first kappa shape index (κ1) is 17.2. The Kier molecular flexibility index (Phi) is 4.82. The standard InChI is InChI=1S/C20H21N5O2/c1-14-11-17(27-24-14)12-19(26)22-16-8-10-25(13-16)20-21-9-7-18(23-20)15-5-3-2-4-6-15/h2-7,9,11,16H,8,10,12-13H2,1H3,(H,22,26). The number of nitrogens with one attached hydrogen (secondary N) is 1. The molecule has 1 N–H and O–H groups in total. The minimum absolute atomic E-state index is 0.0584. The maximum Gasteiger partial charge on any atom is 0.228 e. The zero-order valence-corrected chi connectivity index (χ0v) is 15.1. The molecular formula is C20H21N5O2. The molecule has 4 rings (SSSR count). The van der Waals surface area contributed by atoms with Gasteiger partial charge in [-0.15, -0.1) is 0 Å². The molecule has 1 aromatic carbocycles. The highest BCUT2D eigenvalue weighted by molar-refractivity contribution is 5.78. The number of nitrogens with zero attached hydrogens (tertiary/aromatic N) is 4. The van der Waals surface area contributed by atoms with Gasteiger partial charge in [0.1, 0.15) is 5.76 Å². The Morgan fingerprint density at radius 3 is 2.93 bits per heavy atom. The van der Waals surface area contributed by atoms with Crippen molar-refractivity contribution < 1.29 is 9.32 Å². The van der Waals surface area contributed by atoms with E-state index in [0.29, 0.717) is 18.3 Å². The number of carbonyl (C=O) groups is 1. The maximum atomic E-state index is 12.2. The summed E-state index contributed by atoms with van der Waals surface area (Å²) in [6.45, 7) is 3.34. The van der Waals surface area contributed by atoms with Crippen LogP contribution in [0.2, 0.25) is 0 Å². The van der Waals surface area contributed by atoms with E-state index in [1.807, 2.05) is 43.3 Å². The predicted molar refractivity (Wildman–Crippen MR) is 101 cm³/mol. The van der Waals surface area contributed by atoms with Crippen LogP contribution in [0, 0.1) is 6.92 Å². The van der Waals surface area contributed by atoms with E-state index in [0.717, 1.165) is 29.9 Å². The molecule has 1 aliphatic rings. The van der Waals surface area contributed by atoms with E-state index in [4.69, 9.17) is 4.52 Å². The fourth-order valence-electron chi connectivity index (χ4n) is 3.27. The van der Waals surface area contributed by atoms with Crippen molar-refractivity contribution >= 4 is 11.9 Å². The Bertz CT molecular complexity index is 925. The number of carbonyl (C=O) groups excluding carboxylic acids is 1. The van der Waals surface area contributed by atoms with Gasteiger partial charge in [0.15, 0.2) is 0 Å². The number of amides is 1. The number of anilines is 1. The lowest BCUT2D eigenvalue weighted by Crippen LogP contribution is -2.38. The van der Waals surface area contributed by atoms with Gasteiger partial charge in [-0.2, -0.15) is 0 Å². The highest BCUT2D eigenvalue weighted by atomic mass is 16.5. The number of hydrogen-bond acceptors (Lipinski definition) is 6. The van der Waals surface area contributed by atoms with Crippen molar-refractivity contribution in [2.24, 2.45) is 0 Å². The quantitative estimate of drug-likeness (QED) is 0.749. The summed E-state index contributed by atoms with van der Waals surface area (Å²) >= 11 is 0. The third-order valence-corrected chi connectivity index (χ3v) is 4.56. The van der Waals surface area contributed by atoms with E-state index in [2.05, 4.69) is 25.3 Å². The number of aryl methyl sites for hydroxylation is 1. The molecule has 1 aliphatic heterocycles. The molecule has 1 amide bonds. The fourth-order valence-corrected chi connectivity index (χ4v) is 3.27. The van der Waals surface area contributed by atoms with Crippen LogP contribution >= 0.6 is 0 Å². The molecule has 1 atom stereocenters. The molecule has 138 valence electrons. The van der Waals surface area contributed by atoms with Crippen LogP contribution in [0.4, 0.5) is 5.95 Å². The largest absolute Gasteiger partial charge is 0.361 e. The molecular weight excluding hydrogens is 342 g/mol. The van der Waals surface area contributed by atoms with E-state index in [9.17, 15) is 4.79 Å². The van der Waals surface area contributed by atoms with Crippen LogP contribution in [0.15, 0.2) is 53.2 Å². The van der Waals surface area contributed by atoms with Crippen molar-refractivity contribution in [3.8, 4) is 11.3 Å². The average Bonchev–Trinajstić information content (AvgIpc) is 3.31. The second kappa shape index (κ2) is 7.57. The summed E-state index contributed by atoms with van der Waals surface area (Å²) in [7, 11) is 0. The molecule has 2 aromatic heterocycles. The first-order valence-corrected chi connectivity index (χ1v) is 9.02. The average molecular weight is 363 g/mol. The lowest BCUT2D eigenvalue weighted by molar-refractivity contribution is -0.121. The summed E-state index contributed by atoms with van der Waals surface area (Å²) in [5.41, 5.74) is 2.74. The van der Waals surface area contributed by atoms with Crippen molar-refractivity contribution in [2.45, 2.75) is 25.8 Å². The van der Waals surface area contributed by atoms with E-state index in [1.54, 1.807) is 12.3 Å². The smallest absolute Gasteiger partial charge is 0.228 e. The molecule has 0 saturated carbocycles. The lowest BCUT2D eigenvalue weighted by Gasteiger charge is -2.17. The van der Waals surface area contributed by atoms with Crippen LogP contribution in [-0.2, 0) is 11.2 Å². The maximum absolute atomic E-state index is 12.2. The van der Waals surface area contributed by atoms with Crippen LogP contribution < -0.4 is 10.2 Å². The number of benzene rings is 1. The normalized spacial score (nSPS) is 16.5. The summed E-state index contributed by atoms with van der Waals surface area (Å²) in [4.78, 5) is 23.4. The van der Waals surface area contributed by atoms with Crippen LogP contribution in [0.3, 0.4) is 0 Å². The topological polar surface area (TPSA) is 84.2 Å². The molecule has 0 spiro atoms. The summed E-state index contributed by atoms with van der Waals surface area (Å²) in [5.74, 6) is 1.22. The summed E-state index contributed by atoms with van der Waals surface area (Å²) in [5, 5.41) is 6.87. The van der Waals surface area contributed by atoms with Gasteiger partial charge in [-0.3, -0.25) is 4.79 Å². The van der Waals surface area contributed by atoms with Crippen LogP contribution in [0.1, 0.15) is 17.9 Å². The SMILES string of the molecule is Cc1cc(CC(=O)NC2CCN(c3nccc(-c4ccccc4)n3)C2)on1. The summed E-state index contributed by atoms with van der Waals surface area (Å²) in [6, 6.07) is 13.8. The lowest BCUT2D eigenvalue weighted by atomic mass is 10.1. The van der Waals surface area contributed by atoms with Crippen molar-refractivity contribution in [3.05, 3.63) is 60.1 Å². The Hall–Kier alpha value is -3.22.